The van der Waals surface area contributed by atoms with Gasteiger partial charge in [0.1, 0.15) is 13.4 Å². The lowest BCUT2D eigenvalue weighted by molar-refractivity contribution is -0.205. The second-order valence-corrected chi connectivity index (χ2v) is 4.25. The zero-order valence-corrected chi connectivity index (χ0v) is 8.81. The minimum absolute atomic E-state index is 0.0122. The Hall–Kier alpha value is -0.0951. The second-order valence-electron chi connectivity index (χ2n) is 4.25. The topological polar surface area (TPSA) is 69.9 Å². The molecule has 82 valence electrons. The first-order chi connectivity index (χ1) is 6.53. The molecule has 1 heterocycles. The molecule has 4 atom stereocenters. The Bertz CT molecular complexity index is 190. The molecule has 1 saturated heterocycles. The van der Waals surface area contributed by atoms with E-state index in [1.807, 2.05) is 0 Å². The summed E-state index contributed by atoms with van der Waals surface area (Å²) in [5.41, 5.74) is -1.47. The van der Waals surface area contributed by atoms with Crippen LogP contribution >= 0.6 is 0 Å². The molecule has 0 spiro atoms. The fourth-order valence-electron chi connectivity index (χ4n) is 1.67. The molecular weight excluding hydrogens is 183 g/mol. The fraction of sp³-hybridized carbons (Fsp3) is 1.00. The van der Waals surface area contributed by atoms with Crippen molar-refractivity contribution in [2.24, 2.45) is 5.92 Å². The average Bonchev–Trinajstić information content (AvgIpc) is 2.21. The average molecular weight is 202 g/mol. The predicted molar refractivity (Wildman–Crippen MR) is 54.9 cm³/mol. The van der Waals surface area contributed by atoms with Crippen LogP contribution in [0.25, 0.3) is 0 Å². The van der Waals surface area contributed by atoms with Crippen molar-refractivity contribution in [1.82, 2.24) is 0 Å². The summed E-state index contributed by atoms with van der Waals surface area (Å²) in [6.07, 6.45) is 0.475. The van der Waals surface area contributed by atoms with Crippen LogP contribution in [0.15, 0.2) is 0 Å². The summed E-state index contributed by atoms with van der Waals surface area (Å²) in [7, 11) is 2.06. The molecule has 0 aromatic heterocycles. The Morgan fingerprint density at radius 2 is 2.29 bits per heavy atom. The van der Waals surface area contributed by atoms with Crippen molar-refractivity contribution in [3.63, 3.8) is 0 Å². The highest BCUT2D eigenvalue weighted by Crippen LogP contribution is 2.28. The molecule has 1 aliphatic rings. The smallest absolute Gasteiger partial charge is 0.137 e. The minimum Gasteiger partial charge on any atom is -0.393 e. The first kappa shape index (κ1) is 12.0. The zero-order chi connectivity index (χ0) is 10.8. The summed E-state index contributed by atoms with van der Waals surface area (Å²) < 4.78 is 5.44. The molecule has 0 bridgehead atoms. The molecule has 0 aromatic rings. The normalized spacial score (nSPS) is 40.9. The van der Waals surface area contributed by atoms with Gasteiger partial charge < -0.3 is 20.1 Å². The molecular formula is C9H19BO4. The van der Waals surface area contributed by atoms with Crippen molar-refractivity contribution >= 4 is 7.85 Å². The summed E-state index contributed by atoms with van der Waals surface area (Å²) in [5, 5.41) is 28.3. The molecule has 5 heteroatoms. The quantitative estimate of drug-likeness (QED) is 0.489. The van der Waals surface area contributed by atoms with Gasteiger partial charge in [0.05, 0.1) is 25.4 Å². The zero-order valence-electron chi connectivity index (χ0n) is 8.81. The lowest BCUT2D eigenvalue weighted by Gasteiger charge is -2.40. The van der Waals surface area contributed by atoms with Gasteiger partial charge in [-0.25, -0.2) is 0 Å². The van der Waals surface area contributed by atoms with E-state index in [1.54, 1.807) is 0 Å². The van der Waals surface area contributed by atoms with Gasteiger partial charge in [0, 0.05) is 6.42 Å². The molecule has 14 heavy (non-hydrogen) atoms. The van der Waals surface area contributed by atoms with Crippen LogP contribution in [0.5, 0.6) is 0 Å². The van der Waals surface area contributed by atoms with E-state index in [4.69, 9.17) is 9.84 Å². The molecule has 0 radical (unpaired) electrons. The van der Waals surface area contributed by atoms with Crippen molar-refractivity contribution < 1.29 is 20.1 Å². The Kier molecular flexibility index (Phi) is 3.95. The third kappa shape index (κ3) is 2.28. The van der Waals surface area contributed by atoms with Crippen molar-refractivity contribution in [1.29, 1.82) is 0 Å². The SMILES string of the molecule is BC[C@H](C)C1CC(O)C(O)(CO)CO1. The van der Waals surface area contributed by atoms with Gasteiger partial charge in [0.25, 0.3) is 0 Å². The van der Waals surface area contributed by atoms with Crippen molar-refractivity contribution in [2.45, 2.75) is 37.5 Å². The highest BCUT2D eigenvalue weighted by molar-refractivity contribution is 6.08. The van der Waals surface area contributed by atoms with Gasteiger partial charge >= 0.3 is 0 Å². The van der Waals surface area contributed by atoms with E-state index in [0.29, 0.717) is 12.3 Å². The summed E-state index contributed by atoms with van der Waals surface area (Å²) in [5.74, 6) is 0.368. The Balaban J connectivity index is 2.55. The molecule has 1 aliphatic heterocycles. The van der Waals surface area contributed by atoms with E-state index < -0.39 is 18.3 Å². The van der Waals surface area contributed by atoms with E-state index >= 15 is 0 Å². The molecule has 3 N–H and O–H groups in total. The van der Waals surface area contributed by atoms with Crippen LogP contribution in [0, 0.1) is 5.92 Å². The number of aliphatic hydroxyl groups is 3. The number of ether oxygens (including phenoxy) is 1. The molecule has 0 amide bonds. The lowest BCUT2D eigenvalue weighted by Crippen LogP contribution is -2.56. The van der Waals surface area contributed by atoms with Crippen molar-refractivity contribution in [2.75, 3.05) is 13.2 Å². The van der Waals surface area contributed by atoms with E-state index in [-0.39, 0.29) is 12.7 Å². The first-order valence-electron chi connectivity index (χ1n) is 5.16. The van der Waals surface area contributed by atoms with Crippen LogP contribution in [-0.2, 0) is 4.74 Å². The number of hydrogen-bond donors (Lipinski definition) is 3. The van der Waals surface area contributed by atoms with Crippen molar-refractivity contribution in [3.8, 4) is 0 Å². The lowest BCUT2D eigenvalue weighted by atomic mass is 9.82. The van der Waals surface area contributed by atoms with Gasteiger partial charge in [-0.2, -0.15) is 0 Å². The van der Waals surface area contributed by atoms with Crippen LogP contribution in [0.2, 0.25) is 6.32 Å². The van der Waals surface area contributed by atoms with Crippen molar-refractivity contribution in [3.05, 3.63) is 0 Å². The molecule has 1 fully saturated rings. The number of aliphatic hydroxyl groups excluding tert-OH is 2. The summed E-state index contributed by atoms with van der Waals surface area (Å²) in [6, 6.07) is 0. The van der Waals surface area contributed by atoms with Gasteiger partial charge in [-0.15, -0.1) is 0 Å². The molecule has 0 saturated carbocycles. The fourth-order valence-corrected chi connectivity index (χ4v) is 1.67. The molecule has 1 rings (SSSR count). The molecule has 4 nitrogen and oxygen atoms in total. The maximum absolute atomic E-state index is 9.70. The first-order valence-corrected chi connectivity index (χ1v) is 5.16. The highest BCUT2D eigenvalue weighted by Gasteiger charge is 2.42. The van der Waals surface area contributed by atoms with Gasteiger partial charge in [-0.3, -0.25) is 0 Å². The Morgan fingerprint density at radius 1 is 1.64 bits per heavy atom. The van der Waals surface area contributed by atoms with E-state index in [9.17, 15) is 10.2 Å². The Morgan fingerprint density at radius 3 is 2.71 bits per heavy atom. The number of rotatable bonds is 3. The summed E-state index contributed by atoms with van der Waals surface area (Å²) >= 11 is 0. The Labute approximate surface area is 85.3 Å². The number of hydrogen-bond acceptors (Lipinski definition) is 4. The van der Waals surface area contributed by atoms with Gasteiger partial charge in [-0.05, 0) is 5.92 Å². The third-order valence-corrected chi connectivity index (χ3v) is 3.18. The maximum atomic E-state index is 9.70. The second kappa shape index (κ2) is 4.62. The predicted octanol–water partition coefficient (Wildman–Crippen LogP) is -1.45. The summed E-state index contributed by atoms with van der Waals surface area (Å²) in [4.78, 5) is 0. The van der Waals surface area contributed by atoms with E-state index in [2.05, 4.69) is 14.8 Å². The van der Waals surface area contributed by atoms with E-state index in [0.717, 1.165) is 6.32 Å². The van der Waals surface area contributed by atoms with Crippen LogP contribution in [0.3, 0.4) is 0 Å². The molecule has 3 unspecified atom stereocenters. The minimum atomic E-state index is -1.47. The standard InChI is InChI=1S/C9H19BO4/c1-6(3-10)7-2-8(12)9(13,4-11)5-14-7/h6-8,11-13H,2-5,10H2,1H3/t6-,7?,8?,9?/m0/s1. The third-order valence-electron chi connectivity index (χ3n) is 3.18. The highest BCUT2D eigenvalue weighted by atomic mass is 16.5. The van der Waals surface area contributed by atoms with Gasteiger partial charge in [-0.1, -0.05) is 13.2 Å². The largest absolute Gasteiger partial charge is 0.393 e. The van der Waals surface area contributed by atoms with Crippen LogP contribution < -0.4 is 0 Å². The van der Waals surface area contributed by atoms with E-state index in [1.165, 1.54) is 0 Å². The van der Waals surface area contributed by atoms with Crippen LogP contribution in [-0.4, -0.2) is 54.2 Å². The molecule has 0 aromatic carbocycles. The van der Waals surface area contributed by atoms with Crippen LogP contribution in [0.4, 0.5) is 0 Å². The monoisotopic (exact) mass is 202 g/mol. The molecule has 0 aliphatic carbocycles. The van der Waals surface area contributed by atoms with Gasteiger partial charge in [0.2, 0.25) is 0 Å². The van der Waals surface area contributed by atoms with Gasteiger partial charge in [0.15, 0.2) is 0 Å². The van der Waals surface area contributed by atoms with Crippen LogP contribution in [0.1, 0.15) is 13.3 Å². The maximum Gasteiger partial charge on any atom is 0.137 e. The summed E-state index contributed by atoms with van der Waals surface area (Å²) in [6.45, 7) is 1.61.